The van der Waals surface area contributed by atoms with Gasteiger partial charge in [0.2, 0.25) is 0 Å². The van der Waals surface area contributed by atoms with Crippen molar-refractivity contribution in [2.75, 3.05) is 13.1 Å². The van der Waals surface area contributed by atoms with Gasteiger partial charge in [-0.05, 0) is 17.4 Å². The van der Waals surface area contributed by atoms with Crippen LogP contribution in [0, 0.1) is 5.92 Å². The van der Waals surface area contributed by atoms with E-state index in [0.29, 0.717) is 12.5 Å². The Morgan fingerprint density at radius 1 is 1.65 bits per heavy atom. The van der Waals surface area contributed by atoms with Crippen LogP contribution >= 0.6 is 11.3 Å². The molecule has 1 aromatic heterocycles. The summed E-state index contributed by atoms with van der Waals surface area (Å²) in [4.78, 5) is 14.1. The van der Waals surface area contributed by atoms with Crippen LogP contribution in [-0.2, 0) is 4.79 Å². The summed E-state index contributed by atoms with van der Waals surface area (Å²) in [6, 6.07) is 4.21. The van der Waals surface area contributed by atoms with Gasteiger partial charge in [-0.1, -0.05) is 26.0 Å². The van der Waals surface area contributed by atoms with Crippen molar-refractivity contribution in [2.45, 2.75) is 19.9 Å². The van der Waals surface area contributed by atoms with E-state index in [1.165, 1.54) is 4.88 Å². The summed E-state index contributed by atoms with van der Waals surface area (Å²) in [5.41, 5.74) is 0. The van der Waals surface area contributed by atoms with Crippen molar-refractivity contribution in [1.29, 1.82) is 0 Å². The fourth-order valence-electron chi connectivity index (χ4n) is 2.01. The van der Waals surface area contributed by atoms with Gasteiger partial charge >= 0.3 is 5.97 Å². The van der Waals surface area contributed by atoms with Crippen LogP contribution in [0.2, 0.25) is 0 Å². The molecule has 0 aliphatic heterocycles. The largest absolute Gasteiger partial charge is 0.480 e. The maximum Gasteiger partial charge on any atom is 0.317 e. The van der Waals surface area contributed by atoms with Crippen LogP contribution < -0.4 is 0 Å². The molecule has 1 atom stereocenters. The highest BCUT2D eigenvalue weighted by atomic mass is 32.1. The molecule has 4 heteroatoms. The molecule has 0 aliphatic carbocycles. The molecule has 17 heavy (non-hydrogen) atoms. The Kier molecular flexibility index (Phi) is 5.38. The number of aliphatic carboxylic acids is 1. The predicted octanol–water partition coefficient (Wildman–Crippen LogP) is 3.02. The third-order valence-electron chi connectivity index (χ3n) is 2.56. The molecule has 0 radical (unpaired) electrons. The van der Waals surface area contributed by atoms with Gasteiger partial charge in [0.15, 0.2) is 0 Å². The Bertz CT molecular complexity index is 360. The average Bonchev–Trinajstić information content (AvgIpc) is 2.70. The molecule has 94 valence electrons. The minimum atomic E-state index is -0.797. The third-order valence-corrected chi connectivity index (χ3v) is 3.50. The zero-order valence-corrected chi connectivity index (χ0v) is 11.1. The number of carboxylic acid groups (broad SMARTS) is 1. The highest BCUT2D eigenvalue weighted by Gasteiger charge is 2.25. The lowest BCUT2D eigenvalue weighted by Crippen LogP contribution is -2.36. The Morgan fingerprint density at radius 3 is 2.76 bits per heavy atom. The maximum absolute atomic E-state index is 10.9. The molecule has 1 unspecified atom stereocenters. The minimum absolute atomic E-state index is 0.0484. The summed E-state index contributed by atoms with van der Waals surface area (Å²) in [7, 11) is 0. The second kappa shape index (κ2) is 6.57. The lowest BCUT2D eigenvalue weighted by atomic mass is 10.0. The number of hydrogen-bond acceptors (Lipinski definition) is 3. The Morgan fingerprint density at radius 2 is 2.35 bits per heavy atom. The quantitative estimate of drug-likeness (QED) is 0.759. The monoisotopic (exact) mass is 253 g/mol. The lowest BCUT2D eigenvalue weighted by Gasteiger charge is -2.31. The molecule has 1 aromatic rings. The van der Waals surface area contributed by atoms with E-state index in [1.54, 1.807) is 17.4 Å². The lowest BCUT2D eigenvalue weighted by molar-refractivity contribution is -0.139. The van der Waals surface area contributed by atoms with Crippen molar-refractivity contribution in [3.63, 3.8) is 0 Å². The van der Waals surface area contributed by atoms with Gasteiger partial charge in [0.25, 0.3) is 0 Å². The average molecular weight is 253 g/mol. The van der Waals surface area contributed by atoms with Crippen LogP contribution in [0.3, 0.4) is 0 Å². The van der Waals surface area contributed by atoms with Crippen molar-refractivity contribution in [3.05, 3.63) is 35.0 Å². The first kappa shape index (κ1) is 13.9. The van der Waals surface area contributed by atoms with Gasteiger partial charge < -0.3 is 5.11 Å². The molecule has 1 N–H and O–H groups in total. The molecule has 0 saturated carbocycles. The Balaban J connectivity index is 2.92. The predicted molar refractivity (Wildman–Crippen MR) is 71.3 cm³/mol. The second-order valence-corrected chi connectivity index (χ2v) is 5.30. The molecule has 0 aromatic carbocycles. The van der Waals surface area contributed by atoms with Crippen LogP contribution in [-0.4, -0.2) is 29.1 Å². The molecule has 0 aliphatic rings. The summed E-state index contributed by atoms with van der Waals surface area (Å²) < 4.78 is 0. The summed E-state index contributed by atoms with van der Waals surface area (Å²) in [5, 5.41) is 11.0. The molecule has 3 nitrogen and oxygen atoms in total. The normalized spacial score (nSPS) is 12.9. The fourth-order valence-corrected chi connectivity index (χ4v) is 3.04. The standard InChI is InChI=1S/C13H19NO2S/c1-4-7-14(9-12(15)16)13(10(2)3)11-6-5-8-17-11/h4-6,8,10,13H,1,7,9H2,2-3H3,(H,15,16). The first-order valence-electron chi connectivity index (χ1n) is 5.66. The number of hydrogen-bond donors (Lipinski definition) is 1. The van der Waals surface area contributed by atoms with Gasteiger partial charge in [-0.15, -0.1) is 17.9 Å². The highest BCUT2D eigenvalue weighted by Crippen LogP contribution is 2.31. The van der Waals surface area contributed by atoms with Gasteiger partial charge in [0, 0.05) is 17.5 Å². The van der Waals surface area contributed by atoms with Gasteiger partial charge in [-0.2, -0.15) is 0 Å². The fraction of sp³-hybridized carbons (Fsp3) is 0.462. The van der Waals surface area contributed by atoms with E-state index in [-0.39, 0.29) is 12.6 Å². The van der Waals surface area contributed by atoms with E-state index in [1.807, 2.05) is 16.3 Å². The van der Waals surface area contributed by atoms with Gasteiger partial charge in [0.1, 0.15) is 0 Å². The number of rotatable bonds is 7. The smallest absolute Gasteiger partial charge is 0.317 e. The summed E-state index contributed by atoms with van der Waals surface area (Å²) in [5.74, 6) is -0.429. The number of carboxylic acids is 1. The second-order valence-electron chi connectivity index (χ2n) is 4.32. The molecular formula is C13H19NO2S. The zero-order chi connectivity index (χ0) is 12.8. The van der Waals surface area contributed by atoms with E-state index < -0.39 is 5.97 Å². The number of thiophene rings is 1. The molecule has 0 amide bonds. The molecular weight excluding hydrogens is 234 g/mol. The van der Waals surface area contributed by atoms with Crippen LogP contribution in [0.15, 0.2) is 30.2 Å². The highest BCUT2D eigenvalue weighted by molar-refractivity contribution is 7.10. The van der Waals surface area contributed by atoms with E-state index >= 15 is 0 Å². The van der Waals surface area contributed by atoms with Crippen LogP contribution in [0.25, 0.3) is 0 Å². The number of nitrogens with zero attached hydrogens (tertiary/aromatic N) is 1. The van der Waals surface area contributed by atoms with Crippen molar-refractivity contribution < 1.29 is 9.90 Å². The molecule has 0 fully saturated rings. The molecule has 0 saturated heterocycles. The molecule has 1 heterocycles. The summed E-state index contributed by atoms with van der Waals surface area (Å²) in [6.07, 6.45) is 1.76. The topological polar surface area (TPSA) is 40.5 Å². The van der Waals surface area contributed by atoms with Gasteiger partial charge in [-0.25, -0.2) is 0 Å². The van der Waals surface area contributed by atoms with Crippen molar-refractivity contribution in [2.24, 2.45) is 5.92 Å². The zero-order valence-electron chi connectivity index (χ0n) is 10.3. The van der Waals surface area contributed by atoms with Gasteiger partial charge in [-0.3, -0.25) is 9.69 Å². The Hall–Kier alpha value is -1.13. The van der Waals surface area contributed by atoms with Crippen LogP contribution in [0.5, 0.6) is 0 Å². The van der Waals surface area contributed by atoms with Crippen LogP contribution in [0.4, 0.5) is 0 Å². The van der Waals surface area contributed by atoms with E-state index in [0.717, 1.165) is 0 Å². The summed E-state index contributed by atoms with van der Waals surface area (Å²) in [6.45, 7) is 8.57. The molecule has 1 rings (SSSR count). The van der Waals surface area contributed by atoms with E-state index in [2.05, 4.69) is 26.5 Å². The van der Waals surface area contributed by atoms with E-state index in [9.17, 15) is 4.79 Å². The first-order valence-corrected chi connectivity index (χ1v) is 6.54. The van der Waals surface area contributed by atoms with Gasteiger partial charge in [0.05, 0.1) is 6.54 Å². The summed E-state index contributed by atoms with van der Waals surface area (Å²) >= 11 is 1.67. The Labute approximate surface area is 106 Å². The SMILES string of the molecule is C=CCN(CC(=O)O)C(c1cccs1)C(C)C. The van der Waals surface area contributed by atoms with Crippen LogP contribution in [0.1, 0.15) is 24.8 Å². The minimum Gasteiger partial charge on any atom is -0.480 e. The molecule has 0 bridgehead atoms. The van der Waals surface area contributed by atoms with Crippen molar-refractivity contribution >= 4 is 17.3 Å². The first-order chi connectivity index (χ1) is 8.06. The van der Waals surface area contributed by atoms with Crippen molar-refractivity contribution in [3.8, 4) is 0 Å². The van der Waals surface area contributed by atoms with E-state index in [4.69, 9.17) is 5.11 Å². The number of carbonyl (C=O) groups is 1. The third kappa shape index (κ3) is 3.98. The van der Waals surface area contributed by atoms with Crippen molar-refractivity contribution in [1.82, 2.24) is 4.90 Å². The maximum atomic E-state index is 10.9. The molecule has 0 spiro atoms.